The average molecular weight is 261 g/mol. The van der Waals surface area contributed by atoms with Crippen LogP contribution in [0.1, 0.15) is 25.6 Å². The van der Waals surface area contributed by atoms with Crippen LogP contribution in [-0.4, -0.2) is 33.9 Å². The highest BCUT2D eigenvalue weighted by atomic mass is 16.3. The van der Waals surface area contributed by atoms with E-state index in [0.717, 1.165) is 37.3 Å². The van der Waals surface area contributed by atoms with E-state index in [2.05, 4.69) is 27.9 Å². The second-order valence-electron chi connectivity index (χ2n) is 4.92. The van der Waals surface area contributed by atoms with Crippen molar-refractivity contribution >= 4 is 11.0 Å². The molecule has 0 aliphatic heterocycles. The van der Waals surface area contributed by atoms with Crippen molar-refractivity contribution in [1.82, 2.24) is 14.9 Å². The summed E-state index contributed by atoms with van der Waals surface area (Å²) in [6.07, 6.45) is 2.00. The summed E-state index contributed by atoms with van der Waals surface area (Å²) in [7, 11) is 0. The van der Waals surface area contributed by atoms with Gasteiger partial charge in [0.25, 0.3) is 0 Å². The van der Waals surface area contributed by atoms with E-state index < -0.39 is 0 Å². The van der Waals surface area contributed by atoms with Crippen LogP contribution in [0.2, 0.25) is 0 Å². The fourth-order valence-electron chi connectivity index (χ4n) is 2.37. The molecule has 104 valence electrons. The van der Waals surface area contributed by atoms with Gasteiger partial charge in [0.05, 0.1) is 17.6 Å². The maximum absolute atomic E-state index is 9.38. The molecule has 19 heavy (non-hydrogen) atoms. The van der Waals surface area contributed by atoms with Crippen LogP contribution in [-0.2, 0) is 6.54 Å². The van der Waals surface area contributed by atoms with Crippen LogP contribution in [0.3, 0.4) is 0 Å². The van der Waals surface area contributed by atoms with Crippen molar-refractivity contribution in [3.8, 4) is 0 Å². The third-order valence-corrected chi connectivity index (χ3v) is 3.45. The molecule has 1 heterocycles. The SMILES string of the molecule is CCCNC(CO)CCn1c(C)nc2ccccc21. The summed E-state index contributed by atoms with van der Waals surface area (Å²) in [5.41, 5.74) is 2.22. The van der Waals surface area contributed by atoms with Crippen molar-refractivity contribution in [2.75, 3.05) is 13.2 Å². The number of nitrogens with one attached hydrogen (secondary N) is 1. The Morgan fingerprint density at radius 2 is 2.16 bits per heavy atom. The lowest BCUT2D eigenvalue weighted by Gasteiger charge is -2.16. The van der Waals surface area contributed by atoms with E-state index in [1.165, 1.54) is 5.52 Å². The van der Waals surface area contributed by atoms with Crippen LogP contribution < -0.4 is 5.32 Å². The molecule has 0 aliphatic carbocycles. The molecule has 0 fully saturated rings. The third-order valence-electron chi connectivity index (χ3n) is 3.45. The Kier molecular flexibility index (Phi) is 4.93. The zero-order valence-electron chi connectivity index (χ0n) is 11.8. The quantitative estimate of drug-likeness (QED) is 0.802. The maximum Gasteiger partial charge on any atom is 0.106 e. The minimum atomic E-state index is 0.167. The van der Waals surface area contributed by atoms with Crippen molar-refractivity contribution in [2.45, 2.75) is 39.3 Å². The number of hydrogen-bond acceptors (Lipinski definition) is 3. The van der Waals surface area contributed by atoms with E-state index in [4.69, 9.17) is 0 Å². The van der Waals surface area contributed by atoms with Crippen molar-refractivity contribution in [3.63, 3.8) is 0 Å². The first-order chi connectivity index (χ1) is 9.26. The molecule has 0 radical (unpaired) electrons. The molecular formula is C15H23N3O. The number of hydrogen-bond donors (Lipinski definition) is 2. The Balaban J connectivity index is 2.06. The molecular weight excluding hydrogens is 238 g/mol. The zero-order valence-corrected chi connectivity index (χ0v) is 11.8. The largest absolute Gasteiger partial charge is 0.395 e. The Morgan fingerprint density at radius 1 is 1.37 bits per heavy atom. The molecule has 4 heteroatoms. The van der Waals surface area contributed by atoms with Gasteiger partial charge >= 0.3 is 0 Å². The predicted octanol–water partition coefficient (Wildman–Crippen LogP) is 2.10. The van der Waals surface area contributed by atoms with Crippen molar-refractivity contribution < 1.29 is 5.11 Å². The molecule has 1 unspecified atom stereocenters. The van der Waals surface area contributed by atoms with Gasteiger partial charge in [0.2, 0.25) is 0 Å². The van der Waals surface area contributed by atoms with Gasteiger partial charge in [-0.2, -0.15) is 0 Å². The van der Waals surface area contributed by atoms with Gasteiger partial charge in [0.1, 0.15) is 5.82 Å². The van der Waals surface area contributed by atoms with Gasteiger partial charge in [0.15, 0.2) is 0 Å². The topological polar surface area (TPSA) is 50.1 Å². The van der Waals surface area contributed by atoms with Gasteiger partial charge in [-0.25, -0.2) is 4.98 Å². The van der Waals surface area contributed by atoms with Gasteiger partial charge in [-0.3, -0.25) is 0 Å². The summed E-state index contributed by atoms with van der Waals surface area (Å²) in [5.74, 6) is 1.04. The lowest BCUT2D eigenvalue weighted by molar-refractivity contribution is 0.231. The molecule has 2 aromatic rings. The number of aryl methyl sites for hydroxylation is 2. The summed E-state index contributed by atoms with van der Waals surface area (Å²) in [5, 5.41) is 12.7. The van der Waals surface area contributed by atoms with Gasteiger partial charge in [-0.1, -0.05) is 19.1 Å². The number of para-hydroxylation sites is 2. The van der Waals surface area contributed by atoms with Crippen molar-refractivity contribution in [2.24, 2.45) is 0 Å². The summed E-state index contributed by atoms with van der Waals surface area (Å²) in [6, 6.07) is 8.36. The van der Waals surface area contributed by atoms with Crippen molar-refractivity contribution in [1.29, 1.82) is 0 Å². The molecule has 0 saturated heterocycles. The summed E-state index contributed by atoms with van der Waals surface area (Å²) >= 11 is 0. The first kappa shape index (κ1) is 14.0. The molecule has 0 amide bonds. The predicted molar refractivity (Wildman–Crippen MR) is 78.3 cm³/mol. The Morgan fingerprint density at radius 3 is 2.89 bits per heavy atom. The fourth-order valence-corrected chi connectivity index (χ4v) is 2.37. The highest BCUT2D eigenvalue weighted by molar-refractivity contribution is 5.75. The smallest absolute Gasteiger partial charge is 0.106 e. The molecule has 1 aromatic carbocycles. The molecule has 2 N–H and O–H groups in total. The molecule has 4 nitrogen and oxygen atoms in total. The molecule has 0 saturated carbocycles. The molecule has 0 bridgehead atoms. The van der Waals surface area contributed by atoms with Crippen LogP contribution in [0.4, 0.5) is 0 Å². The first-order valence-corrected chi connectivity index (χ1v) is 7.02. The number of benzene rings is 1. The van der Waals surface area contributed by atoms with Crippen LogP contribution in [0, 0.1) is 6.92 Å². The van der Waals surface area contributed by atoms with E-state index >= 15 is 0 Å². The number of imidazole rings is 1. The minimum Gasteiger partial charge on any atom is -0.395 e. The number of aliphatic hydroxyl groups excluding tert-OH is 1. The van der Waals surface area contributed by atoms with E-state index in [9.17, 15) is 5.11 Å². The number of fused-ring (bicyclic) bond motifs is 1. The normalized spacial score (nSPS) is 13.0. The number of aromatic nitrogens is 2. The van der Waals surface area contributed by atoms with Crippen LogP contribution in [0.25, 0.3) is 11.0 Å². The number of aliphatic hydroxyl groups is 1. The molecule has 1 atom stereocenters. The number of nitrogens with zero attached hydrogens (tertiary/aromatic N) is 2. The molecule has 0 aliphatic rings. The van der Waals surface area contributed by atoms with E-state index in [1.807, 2.05) is 25.1 Å². The first-order valence-electron chi connectivity index (χ1n) is 7.02. The highest BCUT2D eigenvalue weighted by Gasteiger charge is 2.10. The Bertz CT molecular complexity index is 521. The lowest BCUT2D eigenvalue weighted by Crippen LogP contribution is -2.34. The third kappa shape index (κ3) is 3.33. The number of rotatable bonds is 7. The van der Waals surface area contributed by atoms with Crippen LogP contribution in [0.5, 0.6) is 0 Å². The summed E-state index contributed by atoms with van der Waals surface area (Å²) in [6.45, 7) is 6.19. The molecule has 1 aromatic heterocycles. The second kappa shape index (κ2) is 6.68. The zero-order chi connectivity index (χ0) is 13.7. The van der Waals surface area contributed by atoms with Gasteiger partial charge in [-0.05, 0) is 38.4 Å². The molecule has 0 spiro atoms. The van der Waals surface area contributed by atoms with Gasteiger partial charge in [-0.15, -0.1) is 0 Å². The lowest BCUT2D eigenvalue weighted by atomic mass is 10.2. The average Bonchev–Trinajstić information content (AvgIpc) is 2.75. The monoisotopic (exact) mass is 261 g/mol. The van der Waals surface area contributed by atoms with Crippen LogP contribution >= 0.6 is 0 Å². The summed E-state index contributed by atoms with van der Waals surface area (Å²) < 4.78 is 2.23. The van der Waals surface area contributed by atoms with Crippen molar-refractivity contribution in [3.05, 3.63) is 30.1 Å². The molecule has 2 rings (SSSR count). The highest BCUT2D eigenvalue weighted by Crippen LogP contribution is 2.16. The Hall–Kier alpha value is -1.39. The van der Waals surface area contributed by atoms with Gasteiger partial charge in [0, 0.05) is 12.6 Å². The summed E-state index contributed by atoms with van der Waals surface area (Å²) in [4.78, 5) is 4.56. The van der Waals surface area contributed by atoms with E-state index in [0.29, 0.717) is 0 Å². The second-order valence-corrected chi connectivity index (χ2v) is 4.92. The van der Waals surface area contributed by atoms with E-state index in [1.54, 1.807) is 0 Å². The van der Waals surface area contributed by atoms with E-state index in [-0.39, 0.29) is 12.6 Å². The standard InChI is InChI=1S/C15H23N3O/c1-3-9-16-13(11-19)8-10-18-12(2)17-14-6-4-5-7-15(14)18/h4-7,13,16,19H,3,8-11H2,1-2H3. The maximum atomic E-state index is 9.38. The van der Waals surface area contributed by atoms with Gasteiger partial charge < -0.3 is 15.0 Å². The Labute approximate surface area is 114 Å². The fraction of sp³-hybridized carbons (Fsp3) is 0.533. The minimum absolute atomic E-state index is 0.167. The van der Waals surface area contributed by atoms with Crippen LogP contribution in [0.15, 0.2) is 24.3 Å².